The molecule has 1 aromatic rings. The quantitative estimate of drug-likeness (QED) is 0.766. The van der Waals surface area contributed by atoms with Gasteiger partial charge < -0.3 is 9.80 Å². The molecule has 3 rings (SSSR count). The lowest BCUT2D eigenvalue weighted by Gasteiger charge is -2.36. The van der Waals surface area contributed by atoms with Crippen LogP contribution in [0.4, 0.5) is 5.69 Å². The van der Waals surface area contributed by atoms with Crippen molar-refractivity contribution in [2.45, 2.75) is 18.6 Å². The molecule has 0 bridgehead atoms. The fourth-order valence-electron chi connectivity index (χ4n) is 2.99. The number of carbonyl (C=O) groups excluding carboxylic acids is 2. The van der Waals surface area contributed by atoms with Gasteiger partial charge in [-0.3, -0.25) is 14.5 Å². The van der Waals surface area contributed by atoms with E-state index in [0.29, 0.717) is 17.3 Å². The van der Waals surface area contributed by atoms with E-state index in [1.54, 1.807) is 4.90 Å². The van der Waals surface area contributed by atoms with Gasteiger partial charge in [0, 0.05) is 44.8 Å². The summed E-state index contributed by atoms with van der Waals surface area (Å²) in [6.07, 6.45) is 0.338. The molecule has 0 saturated carbocycles. The highest BCUT2D eigenvalue weighted by Crippen LogP contribution is 2.26. The van der Waals surface area contributed by atoms with Gasteiger partial charge in [0.2, 0.25) is 11.8 Å². The average molecular weight is 364 g/mol. The second kappa shape index (κ2) is 7.53. The van der Waals surface area contributed by atoms with Gasteiger partial charge in [0.1, 0.15) is 4.32 Å². The van der Waals surface area contributed by atoms with Crippen molar-refractivity contribution >= 4 is 45.8 Å². The van der Waals surface area contributed by atoms with Crippen LogP contribution < -0.4 is 4.90 Å². The van der Waals surface area contributed by atoms with Gasteiger partial charge in [0.05, 0.1) is 5.25 Å². The average Bonchev–Trinajstić information content (AvgIpc) is 2.86. The maximum absolute atomic E-state index is 12.4. The van der Waals surface area contributed by atoms with Gasteiger partial charge in [0.15, 0.2) is 0 Å². The number of hydrogen-bond acceptors (Lipinski definition) is 5. The van der Waals surface area contributed by atoms with Gasteiger partial charge in [-0.15, -0.1) is 0 Å². The number of amides is 2. The third-order valence-electron chi connectivity index (χ3n) is 4.41. The van der Waals surface area contributed by atoms with E-state index in [0.717, 1.165) is 26.2 Å². The summed E-state index contributed by atoms with van der Waals surface area (Å²) in [5.74, 6) is 0.120. The minimum atomic E-state index is -0.123. The Hall–Kier alpha value is -1.60. The molecule has 1 unspecified atom stereocenters. The number of nitrogens with zero attached hydrogens (tertiary/aromatic N) is 3. The number of rotatable bonds is 4. The summed E-state index contributed by atoms with van der Waals surface area (Å²) >= 11 is 6.61. The molecule has 7 heteroatoms. The van der Waals surface area contributed by atoms with Crippen LogP contribution in [0.2, 0.25) is 0 Å². The van der Waals surface area contributed by atoms with Gasteiger partial charge in [-0.05, 0) is 19.1 Å². The number of para-hydroxylation sites is 1. The fraction of sp³-hybridized carbons (Fsp3) is 0.471. The maximum atomic E-state index is 12.4. The topological polar surface area (TPSA) is 43.9 Å². The van der Waals surface area contributed by atoms with Crippen LogP contribution in [0.15, 0.2) is 30.3 Å². The Morgan fingerprint density at radius 1 is 1.21 bits per heavy atom. The highest BCUT2D eigenvalue weighted by molar-refractivity contribution is 8.24. The Bertz CT molecular complexity index is 630. The van der Waals surface area contributed by atoms with E-state index in [-0.39, 0.29) is 17.1 Å². The molecule has 0 radical (unpaired) electrons. The zero-order chi connectivity index (χ0) is 17.1. The van der Waals surface area contributed by atoms with E-state index in [4.69, 9.17) is 12.2 Å². The molecule has 24 heavy (non-hydrogen) atoms. The van der Waals surface area contributed by atoms with E-state index in [1.807, 2.05) is 30.0 Å². The Morgan fingerprint density at radius 2 is 1.88 bits per heavy atom. The molecule has 0 spiro atoms. The third kappa shape index (κ3) is 3.72. The molecular weight excluding hydrogens is 342 g/mol. The smallest absolute Gasteiger partial charge is 0.241 e. The van der Waals surface area contributed by atoms with Crippen LogP contribution in [0.5, 0.6) is 0 Å². The molecule has 2 saturated heterocycles. The van der Waals surface area contributed by atoms with Crippen molar-refractivity contribution in [1.82, 2.24) is 9.80 Å². The molecule has 0 N–H and O–H groups in total. The Kier molecular flexibility index (Phi) is 5.40. The van der Waals surface area contributed by atoms with Crippen molar-refractivity contribution in [3.05, 3.63) is 30.3 Å². The number of piperazine rings is 1. The molecule has 5 nitrogen and oxygen atoms in total. The SMILES string of the molecule is CC1SC(=S)N(CCC(=O)N2CCN(c3ccccc3)CC2)C1=O. The summed E-state index contributed by atoms with van der Waals surface area (Å²) in [7, 11) is 0. The van der Waals surface area contributed by atoms with E-state index in [2.05, 4.69) is 17.0 Å². The van der Waals surface area contributed by atoms with Crippen LogP contribution in [0, 0.1) is 0 Å². The van der Waals surface area contributed by atoms with Crippen molar-refractivity contribution in [1.29, 1.82) is 0 Å². The lowest BCUT2D eigenvalue weighted by Crippen LogP contribution is -2.49. The number of anilines is 1. The third-order valence-corrected chi connectivity index (χ3v) is 5.90. The van der Waals surface area contributed by atoms with Crippen LogP contribution in [-0.4, -0.2) is 63.9 Å². The van der Waals surface area contributed by atoms with E-state index in [9.17, 15) is 9.59 Å². The maximum Gasteiger partial charge on any atom is 0.241 e. The predicted octanol–water partition coefficient (Wildman–Crippen LogP) is 1.97. The number of carbonyl (C=O) groups is 2. The number of hydrogen-bond donors (Lipinski definition) is 0. The second-order valence-corrected chi connectivity index (χ2v) is 7.94. The summed E-state index contributed by atoms with van der Waals surface area (Å²) in [4.78, 5) is 30.2. The van der Waals surface area contributed by atoms with Crippen LogP contribution in [-0.2, 0) is 9.59 Å². The Balaban J connectivity index is 1.47. The summed E-state index contributed by atoms with van der Waals surface area (Å²) in [6, 6.07) is 10.3. The first kappa shape index (κ1) is 17.2. The first-order valence-corrected chi connectivity index (χ1v) is 9.45. The minimum absolute atomic E-state index is 0.0201. The first-order valence-electron chi connectivity index (χ1n) is 8.16. The number of thioether (sulfide) groups is 1. The molecule has 0 aromatic heterocycles. The van der Waals surface area contributed by atoms with Crippen LogP contribution in [0.1, 0.15) is 13.3 Å². The second-order valence-electron chi connectivity index (χ2n) is 5.97. The van der Waals surface area contributed by atoms with Gasteiger partial charge in [-0.25, -0.2) is 0 Å². The molecule has 128 valence electrons. The zero-order valence-corrected chi connectivity index (χ0v) is 15.3. The standard InChI is InChI=1S/C17H21N3O2S2/c1-13-16(22)20(17(23)24-13)8-7-15(21)19-11-9-18(10-12-19)14-5-3-2-4-6-14/h2-6,13H,7-12H2,1H3. The van der Waals surface area contributed by atoms with Gasteiger partial charge in [0.25, 0.3) is 0 Å². The predicted molar refractivity (Wildman–Crippen MR) is 101 cm³/mol. The summed E-state index contributed by atoms with van der Waals surface area (Å²) in [6.45, 7) is 5.36. The van der Waals surface area contributed by atoms with Crippen molar-refractivity contribution in [3.63, 3.8) is 0 Å². The summed E-state index contributed by atoms with van der Waals surface area (Å²) < 4.78 is 0.592. The van der Waals surface area contributed by atoms with E-state index < -0.39 is 0 Å². The largest absolute Gasteiger partial charge is 0.368 e. The van der Waals surface area contributed by atoms with Crippen molar-refractivity contribution in [3.8, 4) is 0 Å². The molecule has 2 heterocycles. The highest BCUT2D eigenvalue weighted by atomic mass is 32.2. The molecule has 2 amide bonds. The molecule has 2 fully saturated rings. The molecule has 1 atom stereocenters. The van der Waals surface area contributed by atoms with Crippen molar-refractivity contribution < 1.29 is 9.59 Å². The monoisotopic (exact) mass is 363 g/mol. The normalized spacial score (nSPS) is 21.5. The van der Waals surface area contributed by atoms with Crippen molar-refractivity contribution in [2.24, 2.45) is 0 Å². The highest BCUT2D eigenvalue weighted by Gasteiger charge is 2.34. The van der Waals surface area contributed by atoms with Crippen molar-refractivity contribution in [2.75, 3.05) is 37.6 Å². The summed E-state index contributed by atoms with van der Waals surface area (Å²) in [5, 5.41) is -0.123. The molecule has 2 aliphatic rings. The minimum Gasteiger partial charge on any atom is -0.368 e. The summed E-state index contributed by atoms with van der Waals surface area (Å²) in [5.41, 5.74) is 1.20. The Morgan fingerprint density at radius 3 is 2.46 bits per heavy atom. The molecule has 1 aromatic carbocycles. The van der Waals surface area contributed by atoms with E-state index >= 15 is 0 Å². The molecule has 2 aliphatic heterocycles. The number of benzene rings is 1. The first-order chi connectivity index (χ1) is 11.6. The van der Waals surface area contributed by atoms with Gasteiger partial charge in [-0.1, -0.05) is 42.2 Å². The number of thiocarbonyl (C=S) groups is 1. The fourth-order valence-corrected chi connectivity index (χ4v) is 4.45. The molecule has 0 aliphatic carbocycles. The van der Waals surface area contributed by atoms with Gasteiger partial charge >= 0.3 is 0 Å². The van der Waals surface area contributed by atoms with Crippen LogP contribution >= 0.6 is 24.0 Å². The van der Waals surface area contributed by atoms with Gasteiger partial charge in [-0.2, -0.15) is 0 Å². The zero-order valence-electron chi connectivity index (χ0n) is 13.7. The van der Waals surface area contributed by atoms with Crippen LogP contribution in [0.3, 0.4) is 0 Å². The lowest BCUT2D eigenvalue weighted by molar-refractivity contribution is -0.132. The Labute approximate surface area is 152 Å². The van der Waals surface area contributed by atoms with Crippen LogP contribution in [0.25, 0.3) is 0 Å². The molecular formula is C17H21N3O2S2. The lowest BCUT2D eigenvalue weighted by atomic mass is 10.2. The van der Waals surface area contributed by atoms with E-state index in [1.165, 1.54) is 17.4 Å².